The predicted octanol–water partition coefficient (Wildman–Crippen LogP) is 4.47. The lowest BCUT2D eigenvalue weighted by atomic mass is 10.1. The molecule has 3 rings (SSSR count). The summed E-state index contributed by atoms with van der Waals surface area (Å²) in [6.45, 7) is 2.60. The zero-order valence-corrected chi connectivity index (χ0v) is 17.6. The summed E-state index contributed by atoms with van der Waals surface area (Å²) in [7, 11) is 0. The number of amides is 1. The summed E-state index contributed by atoms with van der Waals surface area (Å²) in [5, 5.41) is 15.0. The van der Waals surface area contributed by atoms with Crippen molar-refractivity contribution in [1.82, 2.24) is 14.8 Å². The van der Waals surface area contributed by atoms with Gasteiger partial charge in [-0.15, -0.1) is 5.10 Å². The number of halogens is 5. The van der Waals surface area contributed by atoms with E-state index in [1.165, 1.54) is 19.9 Å². The molecule has 2 N–H and O–H groups in total. The molecule has 0 spiro atoms. The average Bonchev–Trinajstić information content (AvgIpc) is 3.20. The average molecular weight is 476 g/mol. The van der Waals surface area contributed by atoms with E-state index >= 15 is 0 Å². The van der Waals surface area contributed by atoms with E-state index in [4.69, 9.17) is 9.84 Å². The molecule has 1 unspecified atom stereocenters. The first-order valence-corrected chi connectivity index (χ1v) is 10.00. The lowest BCUT2D eigenvalue weighted by molar-refractivity contribution is -0.139. The minimum absolute atomic E-state index is 0.0575. The fraction of sp³-hybridized carbons (Fsp3) is 0.500. The lowest BCUT2D eigenvalue weighted by Gasteiger charge is -2.15. The standard InChI is InChI=1S/C20H21F5N4O4/c1-10(2)33-17-14(20(23,24)25)15(29(28-17)9-11-3-5-19(21,22)8-11)16(30)27-12-4-6-26-13(7-12)18(31)32/h4,6-7,10-11H,3,5,8-9H2,1-2H3,(H,31,32)(H,26,27,30). The van der Waals surface area contributed by atoms with Gasteiger partial charge >= 0.3 is 12.1 Å². The Morgan fingerprint density at radius 1 is 1.36 bits per heavy atom. The van der Waals surface area contributed by atoms with E-state index in [-0.39, 0.29) is 18.7 Å². The van der Waals surface area contributed by atoms with Crippen LogP contribution in [0.4, 0.5) is 27.6 Å². The number of aromatic carboxylic acids is 1. The largest absolute Gasteiger partial charge is 0.477 e. The predicted molar refractivity (Wildman–Crippen MR) is 104 cm³/mol. The molecule has 1 aliphatic carbocycles. The first-order valence-electron chi connectivity index (χ1n) is 10.00. The number of carboxylic acid groups (broad SMARTS) is 1. The Labute approximate surface area is 184 Å². The molecule has 1 atom stereocenters. The number of nitrogens with zero attached hydrogens (tertiary/aromatic N) is 3. The molecule has 0 saturated heterocycles. The number of carbonyl (C=O) groups excluding carboxylic acids is 1. The van der Waals surface area contributed by atoms with Gasteiger partial charge in [-0.1, -0.05) is 0 Å². The number of hydrogen-bond donors (Lipinski definition) is 2. The third kappa shape index (κ3) is 5.76. The van der Waals surface area contributed by atoms with E-state index in [1.807, 2.05) is 0 Å². The minimum atomic E-state index is -5.04. The van der Waals surface area contributed by atoms with Crippen LogP contribution >= 0.6 is 0 Å². The second kappa shape index (κ2) is 8.94. The van der Waals surface area contributed by atoms with E-state index in [2.05, 4.69) is 15.4 Å². The smallest absolute Gasteiger partial charge is 0.423 e. The van der Waals surface area contributed by atoms with E-state index in [0.717, 1.165) is 16.9 Å². The molecule has 2 aromatic rings. The van der Waals surface area contributed by atoms with Crippen molar-refractivity contribution in [2.45, 2.75) is 57.9 Å². The van der Waals surface area contributed by atoms with Crippen molar-refractivity contribution in [2.24, 2.45) is 5.92 Å². The van der Waals surface area contributed by atoms with Gasteiger partial charge in [0.05, 0.1) is 6.10 Å². The molecule has 180 valence electrons. The van der Waals surface area contributed by atoms with Crippen molar-refractivity contribution < 1.29 is 41.4 Å². The second-order valence-corrected chi connectivity index (χ2v) is 8.03. The first-order chi connectivity index (χ1) is 15.3. The van der Waals surface area contributed by atoms with Crippen molar-refractivity contribution in [3.63, 3.8) is 0 Å². The molecule has 0 aromatic carbocycles. The molecule has 1 aliphatic rings. The van der Waals surface area contributed by atoms with E-state index in [0.29, 0.717) is 0 Å². The number of anilines is 1. The molecule has 1 saturated carbocycles. The fourth-order valence-electron chi connectivity index (χ4n) is 3.62. The maximum Gasteiger partial charge on any atom is 0.423 e. The van der Waals surface area contributed by atoms with Crippen LogP contribution in [-0.4, -0.2) is 43.8 Å². The zero-order valence-electron chi connectivity index (χ0n) is 17.6. The maximum atomic E-state index is 14.0. The van der Waals surface area contributed by atoms with Gasteiger partial charge in [-0.25, -0.2) is 18.6 Å². The number of ether oxygens (including phenoxy) is 1. The number of hydrogen-bond acceptors (Lipinski definition) is 5. The van der Waals surface area contributed by atoms with E-state index < -0.39 is 71.7 Å². The van der Waals surface area contributed by atoms with Gasteiger partial charge in [-0.3, -0.25) is 9.48 Å². The monoisotopic (exact) mass is 476 g/mol. The highest BCUT2D eigenvalue weighted by atomic mass is 19.4. The Bertz CT molecular complexity index is 1050. The van der Waals surface area contributed by atoms with Gasteiger partial charge < -0.3 is 15.2 Å². The minimum Gasteiger partial charge on any atom is -0.477 e. The summed E-state index contributed by atoms with van der Waals surface area (Å²) >= 11 is 0. The van der Waals surface area contributed by atoms with Crippen molar-refractivity contribution in [1.29, 1.82) is 0 Å². The molecule has 0 bridgehead atoms. The number of nitrogens with one attached hydrogen (secondary N) is 1. The topological polar surface area (TPSA) is 106 Å². The number of carbonyl (C=O) groups is 2. The quantitative estimate of drug-likeness (QED) is 0.572. The summed E-state index contributed by atoms with van der Waals surface area (Å²) in [6.07, 6.45) is -5.57. The Morgan fingerprint density at radius 2 is 2.06 bits per heavy atom. The van der Waals surface area contributed by atoms with Crippen molar-refractivity contribution in [3.05, 3.63) is 35.3 Å². The van der Waals surface area contributed by atoms with Crippen LogP contribution in [0.2, 0.25) is 0 Å². The van der Waals surface area contributed by atoms with Crippen LogP contribution in [0.25, 0.3) is 0 Å². The third-order valence-electron chi connectivity index (χ3n) is 4.94. The normalized spacial score (nSPS) is 17.9. The Hall–Kier alpha value is -3.25. The number of aromatic nitrogens is 3. The number of carboxylic acids is 1. The van der Waals surface area contributed by atoms with Gasteiger partial charge in [0.1, 0.15) is 17.0 Å². The molecule has 2 aromatic heterocycles. The molecule has 1 fully saturated rings. The van der Waals surface area contributed by atoms with Crippen LogP contribution in [0.3, 0.4) is 0 Å². The third-order valence-corrected chi connectivity index (χ3v) is 4.94. The first kappa shape index (κ1) is 24.4. The summed E-state index contributed by atoms with van der Waals surface area (Å²) in [4.78, 5) is 27.6. The number of alkyl halides is 5. The lowest BCUT2D eigenvalue weighted by Crippen LogP contribution is -2.24. The van der Waals surface area contributed by atoms with Gasteiger partial charge in [0.25, 0.3) is 5.91 Å². The summed E-state index contributed by atoms with van der Waals surface area (Å²) in [5.74, 6) is -7.12. The molecule has 0 radical (unpaired) electrons. The number of rotatable bonds is 7. The highest BCUT2D eigenvalue weighted by Gasteiger charge is 2.45. The van der Waals surface area contributed by atoms with E-state index in [1.54, 1.807) is 0 Å². The second-order valence-electron chi connectivity index (χ2n) is 8.03. The van der Waals surface area contributed by atoms with Crippen LogP contribution in [0, 0.1) is 5.92 Å². The highest BCUT2D eigenvalue weighted by molar-refractivity contribution is 6.05. The van der Waals surface area contributed by atoms with Crippen molar-refractivity contribution in [3.8, 4) is 5.88 Å². The van der Waals surface area contributed by atoms with Crippen molar-refractivity contribution >= 4 is 17.6 Å². The van der Waals surface area contributed by atoms with Gasteiger partial charge in [-0.05, 0) is 38.3 Å². The maximum absolute atomic E-state index is 14.0. The van der Waals surface area contributed by atoms with Crippen LogP contribution in [0.5, 0.6) is 5.88 Å². The Balaban J connectivity index is 2.04. The Kier molecular flexibility index (Phi) is 6.61. The van der Waals surface area contributed by atoms with Gasteiger partial charge in [0, 0.05) is 31.3 Å². The van der Waals surface area contributed by atoms with Gasteiger partial charge in [0.15, 0.2) is 0 Å². The van der Waals surface area contributed by atoms with Gasteiger partial charge in [-0.2, -0.15) is 13.2 Å². The molecule has 33 heavy (non-hydrogen) atoms. The molecular weight excluding hydrogens is 455 g/mol. The summed E-state index contributed by atoms with van der Waals surface area (Å²) in [6, 6.07) is 2.17. The molecule has 2 heterocycles. The van der Waals surface area contributed by atoms with Crippen LogP contribution < -0.4 is 10.1 Å². The molecule has 1 amide bonds. The van der Waals surface area contributed by atoms with Crippen molar-refractivity contribution in [2.75, 3.05) is 5.32 Å². The highest BCUT2D eigenvalue weighted by Crippen LogP contribution is 2.42. The zero-order chi connectivity index (χ0) is 24.6. The fourth-order valence-corrected chi connectivity index (χ4v) is 3.62. The molecule has 0 aliphatic heterocycles. The summed E-state index contributed by atoms with van der Waals surface area (Å²) in [5.41, 5.74) is -2.91. The molecule has 8 nitrogen and oxygen atoms in total. The van der Waals surface area contributed by atoms with E-state index in [9.17, 15) is 31.5 Å². The SMILES string of the molecule is CC(C)Oc1nn(CC2CCC(F)(F)C2)c(C(=O)Nc2ccnc(C(=O)O)c2)c1C(F)(F)F. The number of pyridine rings is 1. The summed E-state index contributed by atoms with van der Waals surface area (Å²) < 4.78 is 75.0. The van der Waals surface area contributed by atoms with Crippen LogP contribution in [-0.2, 0) is 12.7 Å². The van der Waals surface area contributed by atoms with Crippen LogP contribution in [0.1, 0.15) is 59.7 Å². The van der Waals surface area contributed by atoms with Crippen LogP contribution in [0.15, 0.2) is 18.3 Å². The Morgan fingerprint density at radius 3 is 2.61 bits per heavy atom. The molecule has 13 heteroatoms. The molecular formula is C20H21F5N4O4. The van der Waals surface area contributed by atoms with Gasteiger partial charge in [0.2, 0.25) is 11.8 Å².